The van der Waals surface area contributed by atoms with Crippen molar-refractivity contribution in [1.82, 2.24) is 15.1 Å². The number of methoxy groups -OCH3 is 1. The third-order valence-electron chi connectivity index (χ3n) is 6.07. The van der Waals surface area contributed by atoms with Crippen LogP contribution in [0.15, 0.2) is 48.7 Å². The standard InChI is InChI=1S/C26H31N3O5/c1-17-8-10-21(25(30)27-17)29-15-20-19(26(29)31)6-5-7-22(20)34-16-18-9-11-23(32-4)24(14-18)33-13-12-28(2)3/h5-7,9,11,14,21H,1,8,10,12-13,15-16H2,2-4H3,(H,27,30). The third kappa shape index (κ3) is 5.02. The van der Waals surface area contributed by atoms with Crippen molar-refractivity contribution in [2.75, 3.05) is 34.4 Å². The van der Waals surface area contributed by atoms with Crippen molar-refractivity contribution in [3.63, 3.8) is 0 Å². The fraction of sp³-hybridized carbons (Fsp3) is 0.385. The molecule has 0 spiro atoms. The minimum atomic E-state index is -0.498. The zero-order valence-electron chi connectivity index (χ0n) is 19.9. The van der Waals surface area contributed by atoms with E-state index in [0.29, 0.717) is 61.1 Å². The molecule has 0 radical (unpaired) electrons. The molecule has 2 heterocycles. The number of benzene rings is 2. The zero-order valence-corrected chi connectivity index (χ0v) is 19.9. The molecule has 8 heteroatoms. The largest absolute Gasteiger partial charge is 0.493 e. The highest BCUT2D eigenvalue weighted by Crippen LogP contribution is 2.35. The van der Waals surface area contributed by atoms with E-state index < -0.39 is 6.04 Å². The maximum absolute atomic E-state index is 13.0. The van der Waals surface area contributed by atoms with E-state index in [2.05, 4.69) is 11.9 Å². The summed E-state index contributed by atoms with van der Waals surface area (Å²) in [5.41, 5.74) is 3.00. The quantitative estimate of drug-likeness (QED) is 0.613. The molecule has 2 aromatic rings. The number of fused-ring (bicyclic) bond motifs is 1. The Kier molecular flexibility index (Phi) is 7.07. The lowest BCUT2D eigenvalue weighted by Crippen LogP contribution is -2.49. The van der Waals surface area contributed by atoms with Crippen molar-refractivity contribution in [2.45, 2.75) is 32.0 Å². The lowest BCUT2D eigenvalue weighted by molar-refractivity contribution is -0.126. The molecule has 0 saturated carbocycles. The Bertz CT molecular complexity index is 1100. The molecule has 8 nitrogen and oxygen atoms in total. The van der Waals surface area contributed by atoms with Gasteiger partial charge in [0.25, 0.3) is 5.91 Å². The highest BCUT2D eigenvalue weighted by Gasteiger charge is 2.39. The van der Waals surface area contributed by atoms with Crippen LogP contribution in [0.25, 0.3) is 0 Å². The van der Waals surface area contributed by atoms with Crippen molar-refractivity contribution in [3.8, 4) is 17.2 Å². The minimum absolute atomic E-state index is 0.144. The van der Waals surface area contributed by atoms with Crippen molar-refractivity contribution in [3.05, 3.63) is 65.4 Å². The van der Waals surface area contributed by atoms with E-state index in [0.717, 1.165) is 17.7 Å². The van der Waals surface area contributed by atoms with Crippen molar-refractivity contribution in [1.29, 1.82) is 0 Å². The maximum Gasteiger partial charge on any atom is 0.255 e. The Morgan fingerprint density at radius 3 is 2.68 bits per heavy atom. The first-order valence-corrected chi connectivity index (χ1v) is 11.4. The molecule has 1 fully saturated rings. The predicted octanol–water partition coefficient (Wildman–Crippen LogP) is 2.96. The fourth-order valence-corrected chi connectivity index (χ4v) is 4.20. The van der Waals surface area contributed by atoms with Crippen LogP contribution in [-0.2, 0) is 17.9 Å². The van der Waals surface area contributed by atoms with E-state index in [1.54, 1.807) is 18.1 Å². The van der Waals surface area contributed by atoms with Crippen molar-refractivity contribution >= 4 is 11.8 Å². The van der Waals surface area contributed by atoms with Gasteiger partial charge in [0.15, 0.2) is 11.5 Å². The van der Waals surface area contributed by atoms with Gasteiger partial charge < -0.3 is 29.3 Å². The molecule has 1 atom stereocenters. The van der Waals surface area contributed by atoms with Gasteiger partial charge in [0, 0.05) is 23.4 Å². The molecule has 1 unspecified atom stereocenters. The Morgan fingerprint density at radius 1 is 1.12 bits per heavy atom. The molecule has 1 N–H and O–H groups in total. The van der Waals surface area contributed by atoms with E-state index in [4.69, 9.17) is 14.2 Å². The zero-order chi connectivity index (χ0) is 24.2. The second-order valence-corrected chi connectivity index (χ2v) is 8.79. The van der Waals surface area contributed by atoms with Crippen LogP contribution in [0.1, 0.15) is 34.3 Å². The maximum atomic E-state index is 13.0. The van der Waals surface area contributed by atoms with Gasteiger partial charge in [-0.3, -0.25) is 9.59 Å². The Morgan fingerprint density at radius 2 is 1.94 bits per heavy atom. The highest BCUT2D eigenvalue weighted by molar-refractivity contribution is 6.02. The SMILES string of the molecule is C=C1CCC(N2Cc3c(OCc4ccc(OC)c(OCCN(C)C)c4)cccc3C2=O)C(=O)N1. The van der Waals surface area contributed by atoms with Gasteiger partial charge in [-0.05, 0) is 56.8 Å². The number of amides is 2. The lowest BCUT2D eigenvalue weighted by atomic mass is 10.0. The molecule has 0 aromatic heterocycles. The van der Waals surface area contributed by atoms with Crippen LogP contribution >= 0.6 is 0 Å². The Hall–Kier alpha value is -3.52. The number of nitrogens with one attached hydrogen (secondary N) is 1. The summed E-state index contributed by atoms with van der Waals surface area (Å²) in [4.78, 5) is 29.2. The van der Waals surface area contributed by atoms with Gasteiger partial charge in [-0.2, -0.15) is 0 Å². The number of likely N-dealkylation sites (N-methyl/N-ethyl adjacent to an activating group) is 1. The van der Waals surface area contributed by atoms with Gasteiger partial charge in [-0.15, -0.1) is 0 Å². The normalized spacial score (nSPS) is 17.6. The summed E-state index contributed by atoms with van der Waals surface area (Å²) in [6, 6.07) is 10.7. The van der Waals surface area contributed by atoms with Crippen LogP contribution in [0.3, 0.4) is 0 Å². The number of carbonyl (C=O) groups excluding carboxylic acids is 2. The smallest absolute Gasteiger partial charge is 0.255 e. The molecule has 4 rings (SSSR count). The topological polar surface area (TPSA) is 80.3 Å². The molecule has 2 amide bonds. The molecule has 0 bridgehead atoms. The summed E-state index contributed by atoms with van der Waals surface area (Å²) in [5, 5.41) is 2.77. The summed E-state index contributed by atoms with van der Waals surface area (Å²) in [6.45, 7) is 5.80. The van der Waals surface area contributed by atoms with Crippen molar-refractivity contribution in [2.24, 2.45) is 0 Å². The van der Waals surface area contributed by atoms with E-state index in [9.17, 15) is 9.59 Å². The third-order valence-corrected chi connectivity index (χ3v) is 6.07. The van der Waals surface area contributed by atoms with Crippen LogP contribution in [0.5, 0.6) is 17.2 Å². The van der Waals surface area contributed by atoms with Gasteiger partial charge >= 0.3 is 0 Å². The van der Waals surface area contributed by atoms with Crippen molar-refractivity contribution < 1.29 is 23.8 Å². The number of nitrogens with zero attached hydrogens (tertiary/aromatic N) is 2. The molecule has 2 aromatic carbocycles. The average Bonchev–Trinajstić information content (AvgIpc) is 3.14. The number of hydrogen-bond donors (Lipinski definition) is 1. The molecule has 180 valence electrons. The lowest BCUT2D eigenvalue weighted by Gasteiger charge is -2.31. The molecule has 0 aliphatic carbocycles. The Labute approximate surface area is 200 Å². The number of carbonyl (C=O) groups is 2. The van der Waals surface area contributed by atoms with E-state index >= 15 is 0 Å². The first-order chi connectivity index (χ1) is 16.4. The number of hydrogen-bond acceptors (Lipinski definition) is 6. The monoisotopic (exact) mass is 465 g/mol. The summed E-state index contributed by atoms with van der Waals surface area (Å²) >= 11 is 0. The first-order valence-electron chi connectivity index (χ1n) is 11.4. The average molecular weight is 466 g/mol. The summed E-state index contributed by atoms with van der Waals surface area (Å²) in [6.07, 6.45) is 1.24. The Balaban J connectivity index is 1.46. The van der Waals surface area contributed by atoms with E-state index in [1.165, 1.54) is 0 Å². The molecular weight excluding hydrogens is 434 g/mol. The van der Waals surface area contributed by atoms with Crippen LogP contribution in [0.2, 0.25) is 0 Å². The molecular formula is C26H31N3O5. The number of allylic oxidation sites excluding steroid dienone is 1. The van der Waals surface area contributed by atoms with Gasteiger partial charge in [0.05, 0.1) is 13.7 Å². The summed E-state index contributed by atoms with van der Waals surface area (Å²) < 4.78 is 17.5. The van der Waals surface area contributed by atoms with E-state index in [-0.39, 0.29) is 11.8 Å². The van der Waals surface area contributed by atoms with Gasteiger partial charge in [-0.1, -0.05) is 18.7 Å². The molecule has 34 heavy (non-hydrogen) atoms. The number of rotatable bonds is 9. The minimum Gasteiger partial charge on any atom is -0.493 e. The molecule has 2 aliphatic heterocycles. The second-order valence-electron chi connectivity index (χ2n) is 8.79. The van der Waals surface area contributed by atoms with Gasteiger partial charge in [-0.25, -0.2) is 0 Å². The first kappa shape index (κ1) is 23.6. The fourth-order valence-electron chi connectivity index (χ4n) is 4.20. The van der Waals surface area contributed by atoms with Gasteiger partial charge in [0.2, 0.25) is 5.91 Å². The van der Waals surface area contributed by atoms with Crippen LogP contribution < -0.4 is 19.5 Å². The molecule has 1 saturated heterocycles. The van der Waals surface area contributed by atoms with Gasteiger partial charge in [0.1, 0.15) is 25.0 Å². The number of piperidine rings is 1. The predicted molar refractivity (Wildman–Crippen MR) is 128 cm³/mol. The summed E-state index contributed by atoms with van der Waals surface area (Å²) in [5.74, 6) is 1.64. The summed E-state index contributed by atoms with van der Waals surface area (Å²) in [7, 11) is 5.60. The molecule has 2 aliphatic rings. The van der Waals surface area contributed by atoms with Crippen LogP contribution in [0, 0.1) is 0 Å². The van der Waals surface area contributed by atoms with Crippen LogP contribution in [-0.4, -0.2) is 62.0 Å². The number of ether oxygens (including phenoxy) is 3. The van der Waals surface area contributed by atoms with E-state index in [1.807, 2.05) is 49.3 Å². The van der Waals surface area contributed by atoms with Crippen LogP contribution in [0.4, 0.5) is 0 Å². The highest BCUT2D eigenvalue weighted by atomic mass is 16.5. The second kappa shape index (κ2) is 10.2.